The minimum atomic E-state index is -0.213. The van der Waals surface area contributed by atoms with Gasteiger partial charge in [0.15, 0.2) is 0 Å². The van der Waals surface area contributed by atoms with Crippen LogP contribution >= 0.6 is 11.6 Å². The second-order valence-corrected chi connectivity index (χ2v) is 12.6. The maximum absolute atomic E-state index is 11.9. The molecule has 0 fully saturated rings. The van der Waals surface area contributed by atoms with E-state index in [1.165, 1.54) is 27.8 Å². The van der Waals surface area contributed by atoms with E-state index in [4.69, 9.17) is 11.6 Å². The van der Waals surface area contributed by atoms with E-state index in [-0.39, 0.29) is 16.6 Å². The average Bonchev–Trinajstić information content (AvgIpc) is 3.01. The van der Waals surface area contributed by atoms with Gasteiger partial charge in [-0.05, 0) is 22.0 Å². The van der Waals surface area contributed by atoms with Crippen LogP contribution < -0.4 is 5.11 Å². The van der Waals surface area contributed by atoms with Crippen LogP contribution in [0, 0.1) is 0 Å². The van der Waals surface area contributed by atoms with Gasteiger partial charge in [-0.15, -0.1) is 5.75 Å². The van der Waals surface area contributed by atoms with Crippen molar-refractivity contribution in [2.45, 2.75) is 62.9 Å². The molecule has 1 aliphatic carbocycles. The fourth-order valence-corrected chi connectivity index (χ4v) is 5.80. The molecule has 1 aliphatic rings. The summed E-state index contributed by atoms with van der Waals surface area (Å²) in [5.74, 6) is 0.0329. The molecule has 0 spiro atoms. The Balaban J connectivity index is 0.000000186. The van der Waals surface area contributed by atoms with Gasteiger partial charge in [0.2, 0.25) is 0 Å². The van der Waals surface area contributed by atoms with Crippen molar-refractivity contribution in [3.8, 4) is 16.9 Å². The molecule has 3 aromatic rings. The van der Waals surface area contributed by atoms with E-state index in [1.54, 1.807) is 30.8 Å². The standard InChI is InChI=1S/C16H13.C14H21ClO.Zr/c1-12-10-14-8-5-9-15(16(14)11-12)13-6-3-2-4-7-13;1-13(2,3)9-7-8-10(16)11(12(9)15)14(4,5)6;/h2-11H,1H3;7-8,16H,1-6H3;/q;;+1/p-1. The van der Waals surface area contributed by atoms with E-state index in [1.807, 2.05) is 26.8 Å². The van der Waals surface area contributed by atoms with Crippen LogP contribution in [0.3, 0.4) is 0 Å². The van der Waals surface area contributed by atoms with E-state index >= 15 is 0 Å². The van der Waals surface area contributed by atoms with E-state index in [0.717, 1.165) is 11.1 Å². The molecule has 3 heteroatoms. The van der Waals surface area contributed by atoms with Gasteiger partial charge in [0.25, 0.3) is 0 Å². The summed E-state index contributed by atoms with van der Waals surface area (Å²) >= 11 is 7.97. The molecule has 1 unspecified atom stereocenters. The second-order valence-electron chi connectivity index (χ2n) is 10.8. The monoisotopic (exact) mass is 534 g/mol. The van der Waals surface area contributed by atoms with Crippen molar-refractivity contribution in [3.05, 3.63) is 93.5 Å². The molecular weight excluding hydrogens is 503 g/mol. The van der Waals surface area contributed by atoms with E-state index in [9.17, 15) is 5.11 Å². The first-order chi connectivity index (χ1) is 15.3. The Morgan fingerprint density at radius 3 is 2.03 bits per heavy atom. The molecule has 0 aromatic heterocycles. The Morgan fingerprint density at radius 1 is 0.818 bits per heavy atom. The summed E-state index contributed by atoms with van der Waals surface area (Å²) in [4.78, 5) is 0. The molecule has 4 rings (SSSR count). The third-order valence-corrected chi connectivity index (χ3v) is 8.30. The van der Waals surface area contributed by atoms with Gasteiger partial charge in [0.1, 0.15) is 0 Å². The van der Waals surface area contributed by atoms with Crippen molar-refractivity contribution in [1.82, 2.24) is 0 Å². The predicted molar refractivity (Wildman–Crippen MR) is 137 cm³/mol. The first kappa shape index (κ1) is 26.0. The summed E-state index contributed by atoms with van der Waals surface area (Å²) in [6.07, 6.45) is 2.36. The van der Waals surface area contributed by atoms with Crippen molar-refractivity contribution in [3.63, 3.8) is 0 Å². The summed E-state index contributed by atoms with van der Waals surface area (Å²) in [6.45, 7) is 14.6. The third kappa shape index (κ3) is 5.72. The molecule has 0 saturated carbocycles. The summed E-state index contributed by atoms with van der Waals surface area (Å²) in [7, 11) is 0. The van der Waals surface area contributed by atoms with Gasteiger partial charge in [0.05, 0.1) is 0 Å². The Labute approximate surface area is 219 Å². The third-order valence-electron chi connectivity index (χ3n) is 6.02. The number of benzene rings is 3. The Kier molecular flexibility index (Phi) is 7.82. The molecule has 0 aliphatic heterocycles. The van der Waals surface area contributed by atoms with Crippen LogP contribution in [0.1, 0.15) is 74.3 Å². The Morgan fingerprint density at radius 2 is 1.45 bits per heavy atom. The fraction of sp³-hybridized carbons (Fsp3) is 0.333. The van der Waals surface area contributed by atoms with Gasteiger partial charge in [-0.2, -0.15) is 0 Å². The van der Waals surface area contributed by atoms with Crippen molar-refractivity contribution < 1.29 is 29.8 Å². The first-order valence-corrected chi connectivity index (χ1v) is 13.2. The number of halogens is 1. The van der Waals surface area contributed by atoms with E-state index < -0.39 is 0 Å². The topological polar surface area (TPSA) is 23.1 Å². The quantitative estimate of drug-likeness (QED) is 0.307. The van der Waals surface area contributed by atoms with Crippen LogP contribution in [0.4, 0.5) is 0 Å². The first-order valence-electron chi connectivity index (χ1n) is 11.4. The molecular formula is C30H33ClOZr. The normalized spacial score (nSPS) is 15.4. The van der Waals surface area contributed by atoms with Crippen LogP contribution in [-0.4, -0.2) is 0 Å². The predicted octanol–water partition coefficient (Wildman–Crippen LogP) is 8.37. The fourth-order valence-electron chi connectivity index (χ4n) is 4.26. The summed E-state index contributed by atoms with van der Waals surface area (Å²) in [5, 5.41) is 12.5. The molecule has 0 N–H and O–H groups in total. The van der Waals surface area contributed by atoms with E-state index in [2.05, 4.69) is 82.3 Å². The molecule has 1 nitrogen and oxygen atoms in total. The molecule has 170 valence electrons. The van der Waals surface area contributed by atoms with Gasteiger partial charge < -0.3 is 5.11 Å². The number of rotatable bonds is 1. The summed E-state index contributed by atoms with van der Waals surface area (Å²) in [6, 6.07) is 20.8. The van der Waals surface area contributed by atoms with Crippen molar-refractivity contribution in [2.24, 2.45) is 0 Å². The Bertz CT molecular complexity index is 1160. The number of fused-ring (bicyclic) bond motifs is 1. The zero-order chi connectivity index (χ0) is 24.6. The van der Waals surface area contributed by atoms with Crippen molar-refractivity contribution in [1.29, 1.82) is 0 Å². The van der Waals surface area contributed by atoms with Gasteiger partial charge in [-0.3, -0.25) is 0 Å². The van der Waals surface area contributed by atoms with E-state index in [0.29, 0.717) is 8.65 Å². The number of allylic oxidation sites excluding steroid dienone is 1. The number of hydrogen-bond donors (Lipinski definition) is 0. The minimum absolute atomic E-state index is 0.0329. The second kappa shape index (κ2) is 9.93. The van der Waals surface area contributed by atoms with Crippen molar-refractivity contribution in [2.75, 3.05) is 0 Å². The average molecular weight is 536 g/mol. The van der Waals surface area contributed by atoms with Gasteiger partial charge in [0, 0.05) is 5.02 Å². The van der Waals surface area contributed by atoms with Gasteiger partial charge in [-0.1, -0.05) is 65.3 Å². The van der Waals surface area contributed by atoms with Crippen LogP contribution in [0.5, 0.6) is 5.75 Å². The molecule has 0 amide bonds. The molecule has 0 saturated heterocycles. The van der Waals surface area contributed by atoms with Crippen LogP contribution in [0.2, 0.25) is 5.02 Å². The van der Waals surface area contributed by atoms with Gasteiger partial charge in [-0.25, -0.2) is 0 Å². The molecule has 3 aromatic carbocycles. The summed E-state index contributed by atoms with van der Waals surface area (Å²) in [5.41, 5.74) is 8.63. The zero-order valence-corrected chi connectivity index (χ0v) is 23.9. The maximum atomic E-state index is 11.9. The summed E-state index contributed by atoms with van der Waals surface area (Å²) < 4.78 is 0.654. The zero-order valence-electron chi connectivity index (χ0n) is 20.7. The van der Waals surface area contributed by atoms with Crippen LogP contribution in [0.15, 0.2) is 66.2 Å². The molecule has 33 heavy (non-hydrogen) atoms. The SMILES string of the molecule is CC(C)(C)c1ccc([O-])c(C(C)(C)C)c1Cl.CC1=Cc2c(-c3ccccc3)cccc2[CH]1[Zr+]. The van der Waals surface area contributed by atoms with Crippen molar-refractivity contribution >= 4 is 17.7 Å². The molecule has 0 radical (unpaired) electrons. The molecule has 0 heterocycles. The van der Waals surface area contributed by atoms with Gasteiger partial charge >= 0.3 is 118 Å². The molecule has 1 atom stereocenters. The van der Waals surface area contributed by atoms with Crippen LogP contribution in [-0.2, 0) is 35.5 Å². The number of hydrogen-bond acceptors (Lipinski definition) is 1. The Hall–Kier alpha value is -1.63. The van der Waals surface area contributed by atoms with Crippen LogP contribution in [0.25, 0.3) is 17.2 Å². The molecule has 0 bridgehead atoms.